The topological polar surface area (TPSA) is 26.0 Å². The molecule has 94 valence electrons. The van der Waals surface area contributed by atoms with E-state index in [2.05, 4.69) is 0 Å². The first-order valence-electron chi connectivity index (χ1n) is 5.90. The highest BCUT2D eigenvalue weighted by Gasteiger charge is 2.18. The summed E-state index contributed by atoms with van der Waals surface area (Å²) in [5.74, 6) is -0.380. The molecule has 2 aromatic rings. The van der Waals surface area contributed by atoms with E-state index in [1.807, 2.05) is 30.3 Å². The Kier molecular flexibility index (Phi) is 4.34. The van der Waals surface area contributed by atoms with Crippen LogP contribution in [-0.4, -0.2) is 6.54 Å². The van der Waals surface area contributed by atoms with Crippen molar-refractivity contribution in [3.63, 3.8) is 0 Å². The second-order valence-corrected chi connectivity index (χ2v) is 4.66. The smallest absolute Gasteiger partial charge is 0.128 e. The predicted molar refractivity (Wildman–Crippen MR) is 73.4 cm³/mol. The van der Waals surface area contributed by atoms with Gasteiger partial charge >= 0.3 is 0 Å². The van der Waals surface area contributed by atoms with Gasteiger partial charge < -0.3 is 5.73 Å². The van der Waals surface area contributed by atoms with E-state index in [9.17, 15) is 4.39 Å². The average molecular weight is 264 g/mol. The van der Waals surface area contributed by atoms with Gasteiger partial charge in [-0.25, -0.2) is 4.39 Å². The molecule has 0 fully saturated rings. The molecule has 0 amide bonds. The Labute approximate surface area is 111 Å². The van der Waals surface area contributed by atoms with Crippen LogP contribution in [0.25, 0.3) is 0 Å². The van der Waals surface area contributed by atoms with Gasteiger partial charge in [-0.15, -0.1) is 0 Å². The summed E-state index contributed by atoms with van der Waals surface area (Å²) in [6, 6.07) is 14.6. The highest BCUT2D eigenvalue weighted by atomic mass is 35.5. The molecule has 2 rings (SSSR count). The van der Waals surface area contributed by atoms with Crippen molar-refractivity contribution < 1.29 is 4.39 Å². The molecule has 0 radical (unpaired) electrons. The van der Waals surface area contributed by atoms with Gasteiger partial charge in [0.15, 0.2) is 0 Å². The van der Waals surface area contributed by atoms with Crippen LogP contribution in [0.2, 0.25) is 5.02 Å². The van der Waals surface area contributed by atoms with E-state index in [-0.39, 0.29) is 11.7 Å². The Balaban J connectivity index is 2.29. The van der Waals surface area contributed by atoms with Crippen LogP contribution in [0.4, 0.5) is 4.39 Å². The van der Waals surface area contributed by atoms with E-state index in [4.69, 9.17) is 17.3 Å². The standard InChI is InChI=1S/C15H15ClFN/c16-13-7-4-8-14(17)15(13)12(10-18)9-11-5-2-1-3-6-11/h1-8,12H,9-10,18H2. The minimum Gasteiger partial charge on any atom is -0.330 e. The summed E-state index contributed by atoms with van der Waals surface area (Å²) in [6.07, 6.45) is 0.692. The fourth-order valence-corrected chi connectivity index (χ4v) is 2.42. The Bertz CT molecular complexity index is 493. The lowest BCUT2D eigenvalue weighted by atomic mass is 9.91. The Hall–Kier alpha value is -1.38. The highest BCUT2D eigenvalue weighted by molar-refractivity contribution is 6.31. The molecular weight excluding hydrogens is 249 g/mol. The highest BCUT2D eigenvalue weighted by Crippen LogP contribution is 2.29. The van der Waals surface area contributed by atoms with Crippen LogP contribution >= 0.6 is 11.6 Å². The average Bonchev–Trinajstić information content (AvgIpc) is 2.38. The molecule has 1 nitrogen and oxygen atoms in total. The van der Waals surface area contributed by atoms with Crippen molar-refractivity contribution in [1.29, 1.82) is 0 Å². The SMILES string of the molecule is NCC(Cc1ccccc1)c1c(F)cccc1Cl. The van der Waals surface area contributed by atoms with Crippen molar-refractivity contribution in [3.8, 4) is 0 Å². The van der Waals surface area contributed by atoms with E-state index in [0.29, 0.717) is 23.6 Å². The third-order valence-electron chi connectivity index (χ3n) is 3.02. The van der Waals surface area contributed by atoms with Crippen LogP contribution in [0.1, 0.15) is 17.0 Å². The van der Waals surface area contributed by atoms with Gasteiger partial charge in [-0.2, -0.15) is 0 Å². The van der Waals surface area contributed by atoms with Crippen LogP contribution in [0.5, 0.6) is 0 Å². The van der Waals surface area contributed by atoms with Crippen molar-refractivity contribution in [2.24, 2.45) is 5.73 Å². The molecule has 0 heterocycles. The molecule has 0 aliphatic carbocycles. The zero-order valence-electron chi connectivity index (χ0n) is 9.94. The summed E-state index contributed by atoms with van der Waals surface area (Å²) in [7, 11) is 0. The zero-order valence-corrected chi connectivity index (χ0v) is 10.7. The lowest BCUT2D eigenvalue weighted by molar-refractivity contribution is 0.576. The van der Waals surface area contributed by atoms with Crippen LogP contribution in [-0.2, 0) is 6.42 Å². The summed E-state index contributed by atoms with van der Waals surface area (Å²) in [5.41, 5.74) is 7.42. The zero-order chi connectivity index (χ0) is 13.0. The number of nitrogens with two attached hydrogens (primary N) is 1. The summed E-state index contributed by atoms with van der Waals surface area (Å²) in [4.78, 5) is 0. The first-order valence-corrected chi connectivity index (χ1v) is 6.28. The minimum absolute atomic E-state index is 0.0962. The van der Waals surface area contributed by atoms with Gasteiger partial charge in [0.25, 0.3) is 0 Å². The number of benzene rings is 2. The summed E-state index contributed by atoms with van der Waals surface area (Å²) in [6.45, 7) is 0.371. The predicted octanol–water partition coefficient (Wildman–Crippen LogP) is 3.76. The maximum atomic E-state index is 13.9. The molecule has 0 saturated heterocycles. The summed E-state index contributed by atoms with van der Waals surface area (Å²) in [5, 5.41) is 0.446. The monoisotopic (exact) mass is 263 g/mol. The van der Waals surface area contributed by atoms with Crippen LogP contribution < -0.4 is 5.73 Å². The molecule has 3 heteroatoms. The molecule has 2 aromatic carbocycles. The lowest BCUT2D eigenvalue weighted by Crippen LogP contribution is -2.16. The normalized spacial score (nSPS) is 12.4. The van der Waals surface area contributed by atoms with Crippen molar-refractivity contribution >= 4 is 11.6 Å². The van der Waals surface area contributed by atoms with Crippen molar-refractivity contribution in [2.45, 2.75) is 12.3 Å². The van der Waals surface area contributed by atoms with Crippen LogP contribution in [0, 0.1) is 5.82 Å². The maximum absolute atomic E-state index is 13.9. The fraction of sp³-hybridized carbons (Fsp3) is 0.200. The third kappa shape index (κ3) is 2.89. The van der Waals surface area contributed by atoms with Gasteiger partial charge in [-0.1, -0.05) is 48.0 Å². The first-order chi connectivity index (χ1) is 8.72. The van der Waals surface area contributed by atoms with Crippen molar-refractivity contribution in [2.75, 3.05) is 6.54 Å². The second kappa shape index (κ2) is 5.98. The number of rotatable bonds is 4. The number of hydrogen-bond acceptors (Lipinski definition) is 1. The molecule has 0 aliphatic rings. The van der Waals surface area contributed by atoms with E-state index in [1.54, 1.807) is 12.1 Å². The van der Waals surface area contributed by atoms with Crippen molar-refractivity contribution in [3.05, 3.63) is 70.5 Å². The molecule has 2 N–H and O–H groups in total. The van der Waals surface area contributed by atoms with Gasteiger partial charge in [0, 0.05) is 16.5 Å². The Morgan fingerprint density at radius 3 is 2.39 bits per heavy atom. The molecule has 1 unspecified atom stereocenters. The fourth-order valence-electron chi connectivity index (χ4n) is 2.10. The molecule has 0 saturated carbocycles. The maximum Gasteiger partial charge on any atom is 0.128 e. The van der Waals surface area contributed by atoms with Crippen LogP contribution in [0.3, 0.4) is 0 Å². The minimum atomic E-state index is -0.283. The van der Waals surface area contributed by atoms with Gasteiger partial charge in [0.1, 0.15) is 5.82 Å². The Morgan fingerprint density at radius 1 is 1.06 bits per heavy atom. The number of halogens is 2. The van der Waals surface area contributed by atoms with E-state index in [0.717, 1.165) is 5.56 Å². The molecular formula is C15H15ClFN. The summed E-state index contributed by atoms with van der Waals surface area (Å²) < 4.78 is 13.9. The van der Waals surface area contributed by atoms with Gasteiger partial charge in [-0.3, -0.25) is 0 Å². The van der Waals surface area contributed by atoms with Gasteiger partial charge in [0.2, 0.25) is 0 Å². The van der Waals surface area contributed by atoms with Gasteiger partial charge in [0.05, 0.1) is 0 Å². The van der Waals surface area contributed by atoms with Gasteiger partial charge in [-0.05, 0) is 30.7 Å². The van der Waals surface area contributed by atoms with E-state index < -0.39 is 0 Å². The van der Waals surface area contributed by atoms with E-state index in [1.165, 1.54) is 6.07 Å². The molecule has 18 heavy (non-hydrogen) atoms. The third-order valence-corrected chi connectivity index (χ3v) is 3.35. The quantitative estimate of drug-likeness (QED) is 0.893. The molecule has 0 aliphatic heterocycles. The summed E-state index contributed by atoms with van der Waals surface area (Å²) >= 11 is 6.07. The van der Waals surface area contributed by atoms with Crippen LogP contribution in [0.15, 0.2) is 48.5 Å². The molecule has 0 spiro atoms. The Morgan fingerprint density at radius 2 is 1.78 bits per heavy atom. The molecule has 0 bridgehead atoms. The van der Waals surface area contributed by atoms with E-state index >= 15 is 0 Å². The first kappa shape index (κ1) is 13.1. The van der Waals surface area contributed by atoms with Crippen molar-refractivity contribution in [1.82, 2.24) is 0 Å². The second-order valence-electron chi connectivity index (χ2n) is 4.26. The lowest BCUT2D eigenvalue weighted by Gasteiger charge is -2.17. The molecule has 1 atom stereocenters. The molecule has 0 aromatic heterocycles. The largest absolute Gasteiger partial charge is 0.330 e. The number of hydrogen-bond donors (Lipinski definition) is 1.